The molecule has 0 aliphatic carbocycles. The molecule has 31 heavy (non-hydrogen) atoms. The first-order valence-electron chi connectivity index (χ1n) is 10.8. The van der Waals surface area contributed by atoms with Gasteiger partial charge in [-0.3, -0.25) is 4.57 Å². The summed E-state index contributed by atoms with van der Waals surface area (Å²) in [4.78, 5) is 15.5. The standard InChI is InChI=1S/C23H27FN6O/c1-16(2)21-27-8-10-30(21)18-11-17(24)3-4-19(18)31-20-12-26-15-28-22(20)29-9-6-23(14-29)5-7-25-13-23/h3-4,8,10-12,15-16,25H,5-7,9,13-14H2,1-2H3. The Balaban J connectivity index is 1.49. The SMILES string of the molecule is CC(C)c1nccn1-c1cc(F)ccc1Oc1cncnc1N1CCC2(CCNC2)C1. The van der Waals surface area contributed by atoms with Gasteiger partial charge in [0.05, 0.1) is 11.9 Å². The van der Waals surface area contributed by atoms with Gasteiger partial charge in [0.1, 0.15) is 18.0 Å². The van der Waals surface area contributed by atoms with Crippen molar-refractivity contribution in [1.82, 2.24) is 24.8 Å². The molecule has 0 bridgehead atoms. The zero-order valence-corrected chi connectivity index (χ0v) is 17.9. The minimum Gasteiger partial charge on any atom is -0.450 e. The van der Waals surface area contributed by atoms with Crippen LogP contribution in [0.1, 0.15) is 38.4 Å². The molecule has 2 aliphatic heterocycles. The smallest absolute Gasteiger partial charge is 0.188 e. The number of ether oxygens (including phenoxy) is 1. The van der Waals surface area contributed by atoms with Gasteiger partial charge >= 0.3 is 0 Å². The Hall–Kier alpha value is -3.00. The Labute approximate surface area is 181 Å². The van der Waals surface area contributed by atoms with Gasteiger partial charge in [-0.25, -0.2) is 19.3 Å². The second-order valence-electron chi connectivity index (χ2n) is 8.83. The fourth-order valence-corrected chi connectivity index (χ4v) is 4.71. The number of halogens is 1. The van der Waals surface area contributed by atoms with Gasteiger partial charge in [0.15, 0.2) is 17.3 Å². The normalized spacial score (nSPS) is 20.8. The maximum atomic E-state index is 14.2. The van der Waals surface area contributed by atoms with Crippen LogP contribution in [0.2, 0.25) is 0 Å². The van der Waals surface area contributed by atoms with E-state index in [1.165, 1.54) is 18.6 Å². The number of rotatable bonds is 5. The van der Waals surface area contributed by atoms with Crippen LogP contribution >= 0.6 is 0 Å². The van der Waals surface area contributed by atoms with Gasteiger partial charge in [0.25, 0.3) is 0 Å². The molecule has 4 heterocycles. The summed E-state index contributed by atoms with van der Waals surface area (Å²) in [5.41, 5.74) is 0.917. The maximum absolute atomic E-state index is 14.2. The second kappa shape index (κ2) is 7.92. The van der Waals surface area contributed by atoms with Gasteiger partial charge < -0.3 is 15.0 Å². The van der Waals surface area contributed by atoms with Crippen molar-refractivity contribution >= 4 is 5.82 Å². The highest BCUT2D eigenvalue weighted by Crippen LogP contribution is 2.41. The van der Waals surface area contributed by atoms with Crippen LogP contribution in [0.15, 0.2) is 43.1 Å². The lowest BCUT2D eigenvalue weighted by molar-refractivity contribution is 0.369. The van der Waals surface area contributed by atoms with E-state index < -0.39 is 0 Å². The Morgan fingerprint density at radius 2 is 2.10 bits per heavy atom. The summed E-state index contributed by atoms with van der Waals surface area (Å²) in [5, 5.41) is 3.49. The molecule has 1 atom stereocenters. The summed E-state index contributed by atoms with van der Waals surface area (Å²) < 4.78 is 22.4. The van der Waals surface area contributed by atoms with E-state index in [1.54, 1.807) is 24.8 Å². The lowest BCUT2D eigenvalue weighted by Gasteiger charge is -2.24. The molecule has 0 amide bonds. The fraction of sp³-hybridized carbons (Fsp3) is 0.435. The molecule has 1 unspecified atom stereocenters. The average Bonchev–Trinajstić information content (AvgIpc) is 3.52. The van der Waals surface area contributed by atoms with Gasteiger partial charge in [0.2, 0.25) is 0 Å². The Kier molecular flexibility index (Phi) is 5.09. The molecule has 7 nitrogen and oxygen atoms in total. The zero-order valence-electron chi connectivity index (χ0n) is 17.9. The molecule has 1 N–H and O–H groups in total. The van der Waals surface area contributed by atoms with Gasteiger partial charge in [-0.15, -0.1) is 0 Å². The fourth-order valence-electron chi connectivity index (χ4n) is 4.71. The van der Waals surface area contributed by atoms with Crippen molar-refractivity contribution in [3.8, 4) is 17.2 Å². The number of aromatic nitrogens is 4. The second-order valence-corrected chi connectivity index (χ2v) is 8.83. The highest BCUT2D eigenvalue weighted by Gasteiger charge is 2.41. The number of hydrogen-bond donors (Lipinski definition) is 1. The molecular weight excluding hydrogens is 395 g/mol. The van der Waals surface area contributed by atoms with Crippen molar-refractivity contribution in [1.29, 1.82) is 0 Å². The summed E-state index contributed by atoms with van der Waals surface area (Å²) in [7, 11) is 0. The molecule has 5 rings (SSSR count). The van der Waals surface area contributed by atoms with Crippen LogP contribution in [-0.4, -0.2) is 45.7 Å². The van der Waals surface area contributed by atoms with Crippen LogP contribution in [-0.2, 0) is 0 Å². The van der Waals surface area contributed by atoms with Crippen molar-refractivity contribution in [2.24, 2.45) is 5.41 Å². The summed E-state index contributed by atoms with van der Waals surface area (Å²) in [6, 6.07) is 4.53. The Morgan fingerprint density at radius 1 is 1.19 bits per heavy atom. The van der Waals surface area contributed by atoms with Crippen molar-refractivity contribution in [3.05, 3.63) is 54.8 Å². The molecule has 1 spiro atoms. The van der Waals surface area contributed by atoms with Gasteiger partial charge in [-0.2, -0.15) is 0 Å². The molecule has 2 aromatic heterocycles. The van der Waals surface area contributed by atoms with Crippen LogP contribution < -0.4 is 15.0 Å². The first kappa shape index (κ1) is 19.9. The molecule has 1 aromatic carbocycles. The van der Waals surface area contributed by atoms with E-state index >= 15 is 0 Å². The summed E-state index contributed by atoms with van der Waals surface area (Å²) in [6.07, 6.45) is 9.11. The molecular formula is C23H27FN6O. The lowest BCUT2D eigenvalue weighted by Crippen LogP contribution is -2.29. The van der Waals surface area contributed by atoms with Crippen LogP contribution in [0.25, 0.3) is 5.69 Å². The predicted octanol–water partition coefficient (Wildman–Crippen LogP) is 3.91. The van der Waals surface area contributed by atoms with Crippen LogP contribution in [0.3, 0.4) is 0 Å². The summed E-state index contributed by atoms with van der Waals surface area (Å²) in [6.45, 7) is 8.12. The number of nitrogens with zero attached hydrogens (tertiary/aromatic N) is 5. The van der Waals surface area contributed by atoms with E-state index in [1.807, 2.05) is 10.8 Å². The molecule has 0 saturated carbocycles. The lowest BCUT2D eigenvalue weighted by atomic mass is 9.87. The molecule has 0 radical (unpaired) electrons. The first-order chi connectivity index (χ1) is 15.0. The number of imidazole rings is 1. The van der Waals surface area contributed by atoms with Crippen molar-refractivity contribution < 1.29 is 9.13 Å². The van der Waals surface area contributed by atoms with Gasteiger partial charge in [-0.1, -0.05) is 13.8 Å². The number of anilines is 1. The maximum Gasteiger partial charge on any atom is 0.188 e. The quantitative estimate of drug-likeness (QED) is 0.673. The van der Waals surface area contributed by atoms with Crippen molar-refractivity contribution in [2.45, 2.75) is 32.6 Å². The van der Waals surface area contributed by atoms with Crippen LogP contribution in [0.4, 0.5) is 10.2 Å². The summed E-state index contributed by atoms with van der Waals surface area (Å²) >= 11 is 0. The van der Waals surface area contributed by atoms with E-state index in [4.69, 9.17) is 4.74 Å². The van der Waals surface area contributed by atoms with Crippen LogP contribution in [0, 0.1) is 11.2 Å². The minimum atomic E-state index is -0.328. The molecule has 3 aromatic rings. The summed E-state index contributed by atoms with van der Waals surface area (Å²) in [5.74, 6) is 2.59. The third-order valence-corrected chi connectivity index (χ3v) is 6.32. The van der Waals surface area contributed by atoms with E-state index in [2.05, 4.69) is 39.0 Å². The number of benzene rings is 1. The van der Waals surface area contributed by atoms with Crippen molar-refractivity contribution in [3.63, 3.8) is 0 Å². The monoisotopic (exact) mass is 422 g/mol. The highest BCUT2D eigenvalue weighted by molar-refractivity contribution is 5.57. The number of nitrogens with one attached hydrogen (secondary N) is 1. The molecule has 2 fully saturated rings. The zero-order chi connectivity index (χ0) is 21.4. The van der Waals surface area contributed by atoms with E-state index in [0.29, 0.717) is 22.6 Å². The first-order valence-corrected chi connectivity index (χ1v) is 10.8. The predicted molar refractivity (Wildman–Crippen MR) is 116 cm³/mol. The Bertz CT molecular complexity index is 1080. The van der Waals surface area contributed by atoms with Gasteiger partial charge in [0, 0.05) is 49.4 Å². The van der Waals surface area contributed by atoms with E-state index in [-0.39, 0.29) is 11.7 Å². The molecule has 2 aliphatic rings. The third kappa shape index (κ3) is 3.76. The van der Waals surface area contributed by atoms with Crippen LogP contribution in [0.5, 0.6) is 11.5 Å². The Morgan fingerprint density at radius 3 is 2.90 bits per heavy atom. The van der Waals surface area contributed by atoms with E-state index in [9.17, 15) is 4.39 Å². The number of hydrogen-bond acceptors (Lipinski definition) is 6. The van der Waals surface area contributed by atoms with Gasteiger partial charge in [-0.05, 0) is 31.5 Å². The van der Waals surface area contributed by atoms with Crippen molar-refractivity contribution in [2.75, 3.05) is 31.1 Å². The molecule has 2 saturated heterocycles. The average molecular weight is 423 g/mol. The highest BCUT2D eigenvalue weighted by atomic mass is 19.1. The topological polar surface area (TPSA) is 68.1 Å². The molecule has 162 valence electrons. The van der Waals surface area contributed by atoms with E-state index in [0.717, 1.165) is 44.2 Å². The third-order valence-electron chi connectivity index (χ3n) is 6.32. The minimum absolute atomic E-state index is 0.183. The largest absolute Gasteiger partial charge is 0.450 e. The molecule has 8 heteroatoms.